The van der Waals surface area contributed by atoms with E-state index < -0.39 is 28.9 Å². The topological polar surface area (TPSA) is 91.3 Å². The van der Waals surface area contributed by atoms with Crippen LogP contribution in [0.2, 0.25) is 0 Å². The molecule has 0 aromatic carbocycles. The van der Waals surface area contributed by atoms with Crippen molar-refractivity contribution in [3.63, 3.8) is 0 Å². The van der Waals surface area contributed by atoms with Gasteiger partial charge in [-0.05, 0) is 87.4 Å². The van der Waals surface area contributed by atoms with E-state index in [4.69, 9.17) is 19.2 Å². The molecule has 2 spiro atoms. The second kappa shape index (κ2) is 7.39. The van der Waals surface area contributed by atoms with Crippen molar-refractivity contribution in [3.8, 4) is 0 Å². The Kier molecular flexibility index (Phi) is 4.91. The zero-order valence-corrected chi connectivity index (χ0v) is 22.9. The van der Waals surface area contributed by atoms with Gasteiger partial charge in [0.25, 0.3) is 0 Å². The number of aliphatic hydroxyl groups is 1. The van der Waals surface area contributed by atoms with E-state index in [-0.39, 0.29) is 34.7 Å². The zero-order valence-electron chi connectivity index (χ0n) is 22.9. The van der Waals surface area contributed by atoms with Crippen molar-refractivity contribution in [2.45, 2.75) is 121 Å². The molecular weight excluding hydrogens is 472 g/mol. The molecule has 1 N–H and O–H groups in total. The van der Waals surface area contributed by atoms with Crippen LogP contribution in [0.5, 0.6) is 0 Å². The third-order valence-corrected chi connectivity index (χ3v) is 13.2. The summed E-state index contributed by atoms with van der Waals surface area (Å²) in [5, 5.41) is 10.9. The number of ether oxygens (including phenoxy) is 2. The van der Waals surface area contributed by atoms with Crippen LogP contribution in [0.15, 0.2) is 11.6 Å². The highest BCUT2D eigenvalue weighted by atomic mass is 17.2. The van der Waals surface area contributed by atoms with Crippen LogP contribution in [0.25, 0.3) is 0 Å². The van der Waals surface area contributed by atoms with E-state index in [2.05, 4.69) is 20.8 Å². The molecule has 7 heteroatoms. The number of hydrogen-bond donors (Lipinski definition) is 1. The summed E-state index contributed by atoms with van der Waals surface area (Å²) >= 11 is 0. The highest BCUT2D eigenvalue weighted by Crippen LogP contribution is 2.75. The number of fused-ring (bicyclic) bond motifs is 5. The summed E-state index contributed by atoms with van der Waals surface area (Å²) < 4.78 is 11.8. The number of cyclic esters (lactones) is 1. The van der Waals surface area contributed by atoms with Crippen molar-refractivity contribution in [2.75, 3.05) is 0 Å². The number of esters is 2. The molecular formula is C30H42O7. The molecule has 0 radical (unpaired) electrons. The Labute approximate surface area is 219 Å². The Balaban J connectivity index is 1.21. The Hall–Kier alpha value is -1.44. The predicted octanol–water partition coefficient (Wildman–Crippen LogP) is 4.65. The summed E-state index contributed by atoms with van der Waals surface area (Å²) in [5.74, 6) is 0.157. The van der Waals surface area contributed by atoms with Gasteiger partial charge in [0.1, 0.15) is 22.9 Å². The lowest BCUT2D eigenvalue weighted by molar-refractivity contribution is -0.392. The third-order valence-electron chi connectivity index (χ3n) is 13.2. The van der Waals surface area contributed by atoms with Crippen molar-refractivity contribution >= 4 is 11.9 Å². The van der Waals surface area contributed by atoms with Crippen molar-refractivity contribution in [1.82, 2.24) is 0 Å². The molecule has 12 atom stereocenters. The van der Waals surface area contributed by atoms with Gasteiger partial charge < -0.3 is 14.6 Å². The van der Waals surface area contributed by atoms with E-state index in [1.807, 2.05) is 19.9 Å². The van der Waals surface area contributed by atoms with E-state index in [1.165, 1.54) is 0 Å². The molecule has 2 saturated heterocycles. The Morgan fingerprint density at radius 3 is 2.51 bits per heavy atom. The highest BCUT2D eigenvalue weighted by Gasteiger charge is 2.78. The van der Waals surface area contributed by atoms with Gasteiger partial charge in [0.05, 0.1) is 0 Å². The minimum atomic E-state index is -1.15. The van der Waals surface area contributed by atoms with Gasteiger partial charge in [-0.3, -0.25) is 0 Å². The number of carbonyl (C=O) groups excluding carboxylic acids is 2. The third kappa shape index (κ3) is 2.84. The van der Waals surface area contributed by atoms with Gasteiger partial charge in [-0.2, -0.15) is 0 Å². The number of rotatable bonds is 2. The molecule has 204 valence electrons. The maximum Gasteiger partial charge on any atom is 0.335 e. The lowest BCUT2D eigenvalue weighted by Gasteiger charge is -2.59. The monoisotopic (exact) mass is 514 g/mol. The van der Waals surface area contributed by atoms with E-state index in [0.717, 1.165) is 56.9 Å². The summed E-state index contributed by atoms with van der Waals surface area (Å²) in [6, 6.07) is 0. The molecule has 4 bridgehead atoms. The Morgan fingerprint density at radius 2 is 1.76 bits per heavy atom. The first-order chi connectivity index (χ1) is 17.4. The molecule has 3 aliphatic heterocycles. The van der Waals surface area contributed by atoms with E-state index >= 15 is 0 Å². The fraction of sp³-hybridized carbons (Fsp3) is 0.867. The minimum absolute atomic E-state index is 0.0266. The van der Waals surface area contributed by atoms with Gasteiger partial charge in [-0.1, -0.05) is 26.8 Å². The van der Waals surface area contributed by atoms with Gasteiger partial charge in [-0.15, -0.1) is 0 Å². The molecule has 7 aliphatic rings. The van der Waals surface area contributed by atoms with Crippen LogP contribution in [0.4, 0.5) is 0 Å². The minimum Gasteiger partial charge on any atom is -0.458 e. The summed E-state index contributed by atoms with van der Waals surface area (Å²) in [4.78, 5) is 37.8. The molecule has 6 fully saturated rings. The van der Waals surface area contributed by atoms with Gasteiger partial charge >= 0.3 is 11.9 Å². The van der Waals surface area contributed by atoms with Crippen molar-refractivity contribution in [3.05, 3.63) is 11.6 Å². The summed E-state index contributed by atoms with van der Waals surface area (Å²) in [6.07, 6.45) is 9.15. The maximum absolute atomic E-state index is 12.6. The first kappa shape index (κ1) is 24.6. The molecule has 37 heavy (non-hydrogen) atoms. The SMILES string of the molecule is CC1=CCC(C(C)C2CCC3(C)C4CCC5C6(C)CC(C(O)C(=O)O6)C56CC4(CCC23C)OO6)OC1=O. The van der Waals surface area contributed by atoms with E-state index in [9.17, 15) is 14.7 Å². The smallest absolute Gasteiger partial charge is 0.335 e. The Bertz CT molecular complexity index is 1090. The number of aliphatic hydroxyl groups excluding tert-OH is 1. The second-order valence-electron chi connectivity index (χ2n) is 14.4. The summed E-state index contributed by atoms with van der Waals surface area (Å²) in [7, 11) is 0. The largest absolute Gasteiger partial charge is 0.458 e. The quantitative estimate of drug-likeness (QED) is 0.424. The van der Waals surface area contributed by atoms with Crippen LogP contribution in [0, 0.1) is 40.4 Å². The number of carbonyl (C=O) groups is 2. The average Bonchev–Trinajstić information content (AvgIpc) is 3.37. The highest BCUT2D eigenvalue weighted by molar-refractivity contribution is 5.88. The van der Waals surface area contributed by atoms with E-state index in [1.54, 1.807) is 0 Å². The average molecular weight is 515 g/mol. The van der Waals surface area contributed by atoms with Crippen LogP contribution >= 0.6 is 0 Å². The van der Waals surface area contributed by atoms with Crippen LogP contribution in [-0.4, -0.2) is 46.1 Å². The predicted molar refractivity (Wildman–Crippen MR) is 133 cm³/mol. The number of hydrogen-bond acceptors (Lipinski definition) is 7. The molecule has 12 unspecified atom stereocenters. The van der Waals surface area contributed by atoms with Crippen LogP contribution in [0.3, 0.4) is 0 Å². The van der Waals surface area contributed by atoms with Gasteiger partial charge in [-0.25, -0.2) is 19.4 Å². The maximum atomic E-state index is 12.6. The molecule has 4 saturated carbocycles. The first-order valence-corrected chi connectivity index (χ1v) is 14.5. The lowest BCUT2D eigenvalue weighted by atomic mass is 9.46. The van der Waals surface area contributed by atoms with Gasteiger partial charge in [0, 0.05) is 30.3 Å². The van der Waals surface area contributed by atoms with Gasteiger partial charge in [0.15, 0.2) is 6.10 Å². The zero-order chi connectivity index (χ0) is 26.2. The first-order valence-electron chi connectivity index (χ1n) is 14.5. The molecule has 7 nitrogen and oxygen atoms in total. The van der Waals surface area contributed by atoms with Gasteiger partial charge in [0.2, 0.25) is 0 Å². The molecule has 7 rings (SSSR count). The van der Waals surface area contributed by atoms with E-state index in [0.29, 0.717) is 24.2 Å². The fourth-order valence-corrected chi connectivity index (χ4v) is 11.1. The summed E-state index contributed by atoms with van der Waals surface area (Å²) in [6.45, 7) is 11.1. The Morgan fingerprint density at radius 1 is 1.00 bits per heavy atom. The van der Waals surface area contributed by atoms with Crippen LogP contribution in [0.1, 0.15) is 92.4 Å². The standard InChI is InChI=1S/C30H42O7/c1-16-6-7-20(34-24(16)32)17(2)18-10-11-27(4)21-8-9-22-28(5)14-19(23(31)25(33)35-28)30(22)15-29(21,36-37-30)13-12-26(18,27)3/h6,17-23,31H,7-15H2,1-5H3. The molecule has 0 aromatic heterocycles. The normalized spacial score (nSPS) is 56.9. The summed E-state index contributed by atoms with van der Waals surface area (Å²) in [5.41, 5.74) is -0.782. The molecule has 3 heterocycles. The lowest BCUT2D eigenvalue weighted by Crippen LogP contribution is -2.58. The van der Waals surface area contributed by atoms with Crippen LogP contribution in [-0.2, 0) is 28.8 Å². The van der Waals surface area contributed by atoms with Crippen LogP contribution < -0.4 is 0 Å². The van der Waals surface area contributed by atoms with Crippen molar-refractivity contribution in [2.24, 2.45) is 40.4 Å². The second-order valence-corrected chi connectivity index (χ2v) is 14.4. The molecule has 0 aromatic rings. The van der Waals surface area contributed by atoms with Crippen molar-refractivity contribution in [1.29, 1.82) is 0 Å². The van der Waals surface area contributed by atoms with Crippen molar-refractivity contribution < 1.29 is 33.9 Å². The molecule has 0 amide bonds. The fourth-order valence-electron chi connectivity index (χ4n) is 11.1. The molecule has 4 aliphatic carbocycles.